The van der Waals surface area contributed by atoms with Crippen LogP contribution in [0, 0.1) is 13.8 Å². The minimum atomic E-state index is -0.511. The van der Waals surface area contributed by atoms with E-state index >= 15 is 0 Å². The summed E-state index contributed by atoms with van der Waals surface area (Å²) < 4.78 is 0. The van der Waals surface area contributed by atoms with Crippen molar-refractivity contribution in [1.29, 1.82) is 0 Å². The molecule has 2 atom stereocenters. The van der Waals surface area contributed by atoms with Gasteiger partial charge in [0.15, 0.2) is 7.28 Å². The van der Waals surface area contributed by atoms with Crippen molar-refractivity contribution in [2.75, 3.05) is 17.3 Å². The van der Waals surface area contributed by atoms with Gasteiger partial charge in [0.05, 0.1) is 5.41 Å². The molecule has 0 saturated heterocycles. The highest BCUT2D eigenvalue weighted by Gasteiger charge is 2.54. The van der Waals surface area contributed by atoms with Crippen molar-refractivity contribution in [3.8, 4) is 22.3 Å². The Bertz CT molecular complexity index is 2730. The summed E-state index contributed by atoms with van der Waals surface area (Å²) in [6, 6.07) is 56.8. The van der Waals surface area contributed by atoms with Gasteiger partial charge in [-0.1, -0.05) is 188 Å². The fourth-order valence-corrected chi connectivity index (χ4v) is 11.6. The van der Waals surface area contributed by atoms with Crippen LogP contribution in [0.25, 0.3) is 28.3 Å². The summed E-state index contributed by atoms with van der Waals surface area (Å²) in [5.41, 5.74) is 21.4. The molecule has 0 radical (unpaired) electrons. The molecule has 2 unspecified atom stereocenters. The Balaban J connectivity index is 1.25. The molecule has 1 N–H and O–H groups in total. The minimum absolute atomic E-state index is 0.00503. The van der Waals surface area contributed by atoms with Crippen LogP contribution in [-0.4, -0.2) is 19.9 Å². The lowest BCUT2D eigenvalue weighted by molar-refractivity contribution is 0.214. The van der Waals surface area contributed by atoms with E-state index in [0.29, 0.717) is 0 Å². The van der Waals surface area contributed by atoms with Crippen molar-refractivity contribution in [2.24, 2.45) is 0 Å². The Hall–Kier alpha value is -6.06. The van der Waals surface area contributed by atoms with Gasteiger partial charge in [-0.15, -0.1) is 0 Å². The minimum Gasteiger partial charge on any atom is -0.378 e. The number of hydrogen-bond donors (Lipinski definition) is 1. The van der Waals surface area contributed by atoms with E-state index < -0.39 is 5.41 Å². The molecule has 2 aliphatic heterocycles. The number of anilines is 3. The molecule has 3 aliphatic rings. The second-order valence-electron chi connectivity index (χ2n) is 17.9. The molecule has 1 aliphatic carbocycles. The van der Waals surface area contributed by atoms with Gasteiger partial charge in [0.1, 0.15) is 0 Å². The van der Waals surface area contributed by atoms with E-state index in [1.165, 1.54) is 120 Å². The first kappa shape index (κ1) is 37.2. The Kier molecular flexibility index (Phi) is 8.87. The fourth-order valence-electron chi connectivity index (χ4n) is 11.6. The van der Waals surface area contributed by atoms with E-state index in [1.807, 2.05) is 0 Å². The highest BCUT2D eigenvalue weighted by molar-refractivity contribution is 6.70. The summed E-state index contributed by atoms with van der Waals surface area (Å²) in [6.07, 6.45) is 7.03. The summed E-state index contributed by atoms with van der Waals surface area (Å²) in [4.78, 5) is 2.46. The maximum absolute atomic E-state index is 4.56. The van der Waals surface area contributed by atoms with E-state index in [-0.39, 0.29) is 11.0 Å². The average Bonchev–Trinajstić information content (AvgIpc) is 3.50. The topological polar surface area (TPSA) is 15.3 Å². The van der Waals surface area contributed by atoms with Crippen molar-refractivity contribution in [2.45, 2.75) is 69.7 Å². The molecule has 2 nitrogen and oxygen atoms in total. The molecule has 290 valence electrons. The number of rotatable bonds is 7. The maximum atomic E-state index is 4.56. The van der Waals surface area contributed by atoms with Gasteiger partial charge in [-0.25, -0.2) is 0 Å². The number of para-hydroxylation sites is 2. The van der Waals surface area contributed by atoms with Crippen molar-refractivity contribution in [3.63, 3.8) is 0 Å². The van der Waals surface area contributed by atoms with Crippen LogP contribution >= 0.6 is 0 Å². The predicted molar refractivity (Wildman–Crippen MR) is 254 cm³/mol. The van der Waals surface area contributed by atoms with Crippen molar-refractivity contribution in [3.05, 3.63) is 203 Å². The molecule has 1 fully saturated rings. The molecule has 7 aromatic carbocycles. The van der Waals surface area contributed by atoms with Crippen LogP contribution < -0.4 is 21.1 Å². The molecule has 7 aromatic rings. The zero-order valence-electron chi connectivity index (χ0n) is 35.2. The maximum Gasteiger partial charge on any atom is 0.195 e. The van der Waals surface area contributed by atoms with Crippen LogP contribution in [0.5, 0.6) is 0 Å². The van der Waals surface area contributed by atoms with Gasteiger partial charge >= 0.3 is 0 Å². The van der Waals surface area contributed by atoms with Crippen LogP contribution in [0.3, 0.4) is 0 Å². The highest BCUT2D eigenvalue weighted by Crippen LogP contribution is 2.58. The summed E-state index contributed by atoms with van der Waals surface area (Å²) in [5.74, 6) is 0. The molecule has 2 heterocycles. The van der Waals surface area contributed by atoms with Gasteiger partial charge in [-0.05, 0) is 101 Å². The standard InChI is InChI=1S/C56H53BN2/c1-7-41-43(42-26-15-14-21-38(42)3)31-32-48(51(41)44-35-37(2)36-47-52(44)58-55(5)34-19-18-33-54(47,55)4)57-49-29-20-28-46-53(49)59(6)50-30-17-16-27-45(50)56(46,39-22-10-8-11-23-39)40-24-12-9-13-25-40/h7-17,20-32,35-36,57-58H,1,18-19,33-34H2,2-6H3. The number of aryl methyl sites for hydroxylation is 2. The van der Waals surface area contributed by atoms with E-state index in [1.54, 1.807) is 0 Å². The van der Waals surface area contributed by atoms with Gasteiger partial charge in [-0.3, -0.25) is 0 Å². The third kappa shape index (κ3) is 5.47. The molecule has 0 amide bonds. The summed E-state index contributed by atoms with van der Waals surface area (Å²) >= 11 is 0. The zero-order valence-corrected chi connectivity index (χ0v) is 35.2. The fraction of sp³-hybridized carbons (Fsp3) is 0.214. The quantitative estimate of drug-likeness (QED) is 0.163. The zero-order chi connectivity index (χ0) is 40.5. The number of hydrogen-bond acceptors (Lipinski definition) is 2. The first-order valence-electron chi connectivity index (χ1n) is 21.5. The van der Waals surface area contributed by atoms with Gasteiger partial charge in [0.25, 0.3) is 0 Å². The van der Waals surface area contributed by atoms with Crippen molar-refractivity contribution < 1.29 is 0 Å². The van der Waals surface area contributed by atoms with Crippen LogP contribution in [0.2, 0.25) is 0 Å². The van der Waals surface area contributed by atoms with Crippen molar-refractivity contribution in [1.82, 2.24) is 0 Å². The third-order valence-corrected chi connectivity index (χ3v) is 14.7. The van der Waals surface area contributed by atoms with Gasteiger partial charge in [-0.2, -0.15) is 0 Å². The second kappa shape index (κ2) is 14.1. The number of fused-ring (bicyclic) bond motifs is 5. The lowest BCUT2D eigenvalue weighted by atomic mass is 9.56. The average molecular weight is 765 g/mol. The molecule has 0 aromatic heterocycles. The Morgan fingerprint density at radius 3 is 2.02 bits per heavy atom. The van der Waals surface area contributed by atoms with Crippen LogP contribution in [0.1, 0.15) is 84.0 Å². The predicted octanol–water partition coefficient (Wildman–Crippen LogP) is 12.1. The van der Waals surface area contributed by atoms with E-state index in [4.69, 9.17) is 0 Å². The number of nitrogens with one attached hydrogen (secondary N) is 1. The smallest absolute Gasteiger partial charge is 0.195 e. The third-order valence-electron chi connectivity index (χ3n) is 14.7. The van der Waals surface area contributed by atoms with Crippen molar-refractivity contribution >= 4 is 41.3 Å². The monoisotopic (exact) mass is 764 g/mol. The molecule has 3 heteroatoms. The summed E-state index contributed by atoms with van der Waals surface area (Å²) in [5, 5.41) is 4.23. The van der Waals surface area contributed by atoms with Crippen LogP contribution in [-0.2, 0) is 10.8 Å². The molecular weight excluding hydrogens is 711 g/mol. The second-order valence-corrected chi connectivity index (χ2v) is 17.9. The van der Waals surface area contributed by atoms with E-state index in [9.17, 15) is 0 Å². The van der Waals surface area contributed by atoms with Gasteiger partial charge < -0.3 is 10.2 Å². The van der Waals surface area contributed by atoms with Crippen LogP contribution in [0.15, 0.2) is 158 Å². The summed E-state index contributed by atoms with van der Waals surface area (Å²) in [7, 11) is 3.02. The molecule has 10 rings (SSSR count). The molecule has 1 saturated carbocycles. The van der Waals surface area contributed by atoms with Gasteiger partial charge in [0.2, 0.25) is 0 Å². The lowest BCUT2D eigenvalue weighted by Gasteiger charge is -2.46. The molecule has 0 spiro atoms. The number of nitrogens with zero attached hydrogens (tertiary/aromatic N) is 1. The van der Waals surface area contributed by atoms with Gasteiger partial charge in [0, 0.05) is 40.6 Å². The Labute approximate surface area is 351 Å². The highest BCUT2D eigenvalue weighted by atomic mass is 15.1. The molecule has 59 heavy (non-hydrogen) atoms. The lowest BCUT2D eigenvalue weighted by Crippen LogP contribution is -2.50. The van der Waals surface area contributed by atoms with E-state index in [2.05, 4.69) is 209 Å². The SMILES string of the molecule is C=Cc1c(-c2ccccc2C)ccc(Bc2cccc3c2N(C)c2ccccc2C3(c2ccccc2)c2ccccc2)c1-c1cc(C)cc2c1NC1(C)CCCCC21C. The largest absolute Gasteiger partial charge is 0.378 e. The number of benzene rings is 7. The Morgan fingerprint density at radius 1 is 0.627 bits per heavy atom. The first-order chi connectivity index (χ1) is 28.7. The van der Waals surface area contributed by atoms with Crippen LogP contribution in [0.4, 0.5) is 17.1 Å². The first-order valence-corrected chi connectivity index (χ1v) is 21.5. The normalized spacial score (nSPS) is 19.8. The molecule has 0 bridgehead atoms. The summed E-state index contributed by atoms with van der Waals surface area (Å²) in [6.45, 7) is 14.1. The Morgan fingerprint density at radius 2 is 1.29 bits per heavy atom. The van der Waals surface area contributed by atoms with E-state index in [0.717, 1.165) is 7.28 Å². The molecular formula is C56H53BN2.